The summed E-state index contributed by atoms with van der Waals surface area (Å²) >= 11 is 0. The van der Waals surface area contributed by atoms with Crippen molar-refractivity contribution in [1.82, 2.24) is 4.98 Å². The van der Waals surface area contributed by atoms with Crippen LogP contribution >= 0.6 is 0 Å². The first-order valence-corrected chi connectivity index (χ1v) is 7.81. The number of rotatable bonds is 4. The Morgan fingerprint density at radius 1 is 1.20 bits per heavy atom. The SMILES string of the molecule is CC(Nc1ccc([N+](=O)[O-])c2cccnc12)c1ccc2c(c1)OCO2. The summed E-state index contributed by atoms with van der Waals surface area (Å²) in [6, 6.07) is 12.3. The van der Waals surface area contributed by atoms with Crippen LogP contribution < -0.4 is 14.8 Å². The minimum atomic E-state index is -0.394. The fourth-order valence-electron chi connectivity index (χ4n) is 2.93. The van der Waals surface area contributed by atoms with E-state index in [1.165, 1.54) is 6.07 Å². The van der Waals surface area contributed by atoms with Crippen molar-refractivity contribution in [1.29, 1.82) is 0 Å². The molecule has 0 spiro atoms. The summed E-state index contributed by atoms with van der Waals surface area (Å²) in [6.45, 7) is 2.24. The van der Waals surface area contributed by atoms with Crippen LogP contribution in [0.25, 0.3) is 10.9 Å². The highest BCUT2D eigenvalue weighted by atomic mass is 16.7. The molecule has 1 atom stereocenters. The first kappa shape index (κ1) is 15.2. The van der Waals surface area contributed by atoms with E-state index in [1.54, 1.807) is 24.4 Å². The number of aromatic nitrogens is 1. The Bertz CT molecular complexity index is 974. The van der Waals surface area contributed by atoms with Crippen molar-refractivity contribution < 1.29 is 14.4 Å². The fourth-order valence-corrected chi connectivity index (χ4v) is 2.93. The van der Waals surface area contributed by atoms with Gasteiger partial charge in [0.2, 0.25) is 6.79 Å². The molecule has 1 N–H and O–H groups in total. The number of nitro benzene ring substituents is 1. The number of fused-ring (bicyclic) bond motifs is 2. The van der Waals surface area contributed by atoms with E-state index < -0.39 is 4.92 Å². The Labute approximate surface area is 143 Å². The molecule has 1 unspecified atom stereocenters. The van der Waals surface area contributed by atoms with Crippen molar-refractivity contribution in [3.63, 3.8) is 0 Å². The predicted molar refractivity (Wildman–Crippen MR) is 93.0 cm³/mol. The number of non-ortho nitro benzene ring substituents is 1. The van der Waals surface area contributed by atoms with E-state index in [1.807, 2.05) is 25.1 Å². The summed E-state index contributed by atoms with van der Waals surface area (Å²) in [4.78, 5) is 15.1. The molecule has 1 aliphatic heterocycles. The van der Waals surface area contributed by atoms with Gasteiger partial charge >= 0.3 is 0 Å². The lowest BCUT2D eigenvalue weighted by Gasteiger charge is -2.17. The Morgan fingerprint density at radius 2 is 2.04 bits per heavy atom. The number of hydrogen-bond donors (Lipinski definition) is 1. The van der Waals surface area contributed by atoms with Crippen LogP contribution in [-0.4, -0.2) is 16.7 Å². The molecular formula is C18H15N3O4. The van der Waals surface area contributed by atoms with E-state index in [0.29, 0.717) is 10.9 Å². The van der Waals surface area contributed by atoms with Crippen LogP contribution in [-0.2, 0) is 0 Å². The Kier molecular flexibility index (Phi) is 3.61. The van der Waals surface area contributed by atoms with Crippen LogP contribution in [0, 0.1) is 10.1 Å². The van der Waals surface area contributed by atoms with Crippen LogP contribution in [0.5, 0.6) is 11.5 Å². The second kappa shape index (κ2) is 5.94. The van der Waals surface area contributed by atoms with E-state index in [4.69, 9.17) is 9.47 Å². The molecule has 1 aliphatic rings. The quantitative estimate of drug-likeness (QED) is 0.571. The second-order valence-corrected chi connectivity index (χ2v) is 5.77. The summed E-state index contributed by atoms with van der Waals surface area (Å²) in [5.41, 5.74) is 2.38. The minimum absolute atomic E-state index is 0.0406. The van der Waals surface area contributed by atoms with E-state index in [-0.39, 0.29) is 18.5 Å². The van der Waals surface area contributed by atoms with Gasteiger partial charge in [-0.05, 0) is 42.8 Å². The van der Waals surface area contributed by atoms with E-state index in [9.17, 15) is 10.1 Å². The third kappa shape index (κ3) is 2.69. The molecule has 0 amide bonds. The number of nitrogens with one attached hydrogen (secondary N) is 1. The van der Waals surface area contributed by atoms with E-state index >= 15 is 0 Å². The zero-order valence-electron chi connectivity index (χ0n) is 13.4. The smallest absolute Gasteiger partial charge is 0.278 e. The highest BCUT2D eigenvalue weighted by molar-refractivity contribution is 5.96. The number of benzene rings is 2. The summed E-state index contributed by atoms with van der Waals surface area (Å²) in [6.07, 6.45) is 1.63. The van der Waals surface area contributed by atoms with Crippen LogP contribution in [0.1, 0.15) is 18.5 Å². The molecular weight excluding hydrogens is 322 g/mol. The molecule has 7 nitrogen and oxygen atoms in total. The fraction of sp³-hybridized carbons (Fsp3) is 0.167. The summed E-state index contributed by atoms with van der Waals surface area (Å²) in [5.74, 6) is 1.45. The van der Waals surface area contributed by atoms with Gasteiger partial charge in [0.1, 0.15) is 5.52 Å². The maximum Gasteiger partial charge on any atom is 0.278 e. The molecule has 7 heteroatoms. The van der Waals surface area contributed by atoms with Gasteiger partial charge in [-0.1, -0.05) is 6.07 Å². The number of pyridine rings is 1. The first-order valence-electron chi connectivity index (χ1n) is 7.81. The lowest BCUT2D eigenvalue weighted by atomic mass is 10.1. The zero-order valence-corrected chi connectivity index (χ0v) is 13.4. The highest BCUT2D eigenvalue weighted by Gasteiger charge is 2.18. The Morgan fingerprint density at radius 3 is 2.88 bits per heavy atom. The predicted octanol–water partition coefficient (Wildman–Crippen LogP) is 4.04. The molecule has 25 heavy (non-hydrogen) atoms. The summed E-state index contributed by atoms with van der Waals surface area (Å²) in [7, 11) is 0. The van der Waals surface area contributed by atoms with Crippen molar-refractivity contribution in [2.45, 2.75) is 13.0 Å². The normalized spacial score (nSPS) is 13.6. The van der Waals surface area contributed by atoms with Crippen LogP contribution in [0.3, 0.4) is 0 Å². The highest BCUT2D eigenvalue weighted by Crippen LogP contribution is 2.36. The van der Waals surface area contributed by atoms with Gasteiger partial charge in [-0.25, -0.2) is 0 Å². The Balaban J connectivity index is 1.69. The molecule has 0 saturated heterocycles. The van der Waals surface area contributed by atoms with Crippen molar-refractivity contribution in [2.75, 3.05) is 12.1 Å². The number of hydrogen-bond acceptors (Lipinski definition) is 6. The average molecular weight is 337 g/mol. The van der Waals surface area contributed by atoms with Crippen LogP contribution in [0.2, 0.25) is 0 Å². The lowest BCUT2D eigenvalue weighted by molar-refractivity contribution is -0.383. The number of ether oxygens (including phenoxy) is 2. The van der Waals surface area contributed by atoms with Gasteiger partial charge in [0.25, 0.3) is 5.69 Å². The molecule has 3 aromatic rings. The largest absolute Gasteiger partial charge is 0.454 e. The maximum absolute atomic E-state index is 11.2. The maximum atomic E-state index is 11.2. The van der Waals surface area contributed by atoms with Gasteiger partial charge in [0.05, 0.1) is 16.0 Å². The molecule has 4 rings (SSSR count). The van der Waals surface area contributed by atoms with Crippen molar-refractivity contribution in [3.05, 3.63) is 64.3 Å². The van der Waals surface area contributed by atoms with Crippen molar-refractivity contribution >= 4 is 22.3 Å². The van der Waals surface area contributed by atoms with Crippen molar-refractivity contribution in [3.8, 4) is 11.5 Å². The third-order valence-corrected chi connectivity index (χ3v) is 4.21. The molecule has 2 heterocycles. The number of nitro groups is 1. The monoisotopic (exact) mass is 337 g/mol. The Hall–Kier alpha value is -3.35. The van der Waals surface area contributed by atoms with E-state index in [2.05, 4.69) is 10.3 Å². The molecule has 0 saturated carbocycles. The van der Waals surface area contributed by atoms with Crippen LogP contribution in [0.15, 0.2) is 48.7 Å². The molecule has 0 bridgehead atoms. The lowest BCUT2D eigenvalue weighted by Crippen LogP contribution is -2.07. The minimum Gasteiger partial charge on any atom is -0.454 e. The molecule has 0 radical (unpaired) electrons. The van der Waals surface area contributed by atoms with Gasteiger partial charge in [-0.2, -0.15) is 0 Å². The van der Waals surface area contributed by atoms with E-state index in [0.717, 1.165) is 22.7 Å². The number of anilines is 1. The molecule has 1 aromatic heterocycles. The number of nitrogens with zero attached hydrogens (tertiary/aromatic N) is 2. The molecule has 2 aromatic carbocycles. The van der Waals surface area contributed by atoms with Gasteiger partial charge in [0, 0.05) is 18.3 Å². The topological polar surface area (TPSA) is 86.5 Å². The standard InChI is InChI=1S/C18H15N3O4/c1-11(12-4-7-16-17(9-12)25-10-24-16)20-14-5-6-15(21(22)23)13-3-2-8-19-18(13)14/h2-9,11,20H,10H2,1H3. The molecule has 126 valence electrons. The van der Waals surface area contributed by atoms with Crippen molar-refractivity contribution in [2.24, 2.45) is 0 Å². The summed E-state index contributed by atoms with van der Waals surface area (Å²) < 4.78 is 10.7. The second-order valence-electron chi connectivity index (χ2n) is 5.77. The van der Waals surface area contributed by atoms with Gasteiger partial charge in [-0.15, -0.1) is 0 Å². The van der Waals surface area contributed by atoms with Gasteiger partial charge in [-0.3, -0.25) is 15.1 Å². The van der Waals surface area contributed by atoms with Gasteiger partial charge < -0.3 is 14.8 Å². The van der Waals surface area contributed by atoms with Crippen LogP contribution in [0.4, 0.5) is 11.4 Å². The van der Waals surface area contributed by atoms with Gasteiger partial charge in [0.15, 0.2) is 11.5 Å². The molecule has 0 fully saturated rings. The first-order chi connectivity index (χ1) is 12.1. The average Bonchev–Trinajstić information content (AvgIpc) is 3.09. The molecule has 0 aliphatic carbocycles. The zero-order chi connectivity index (χ0) is 17.4. The summed E-state index contributed by atoms with van der Waals surface area (Å²) in [5, 5.41) is 15.1. The third-order valence-electron chi connectivity index (χ3n) is 4.21.